The molecule has 4 aromatic carbocycles. The van der Waals surface area contributed by atoms with Crippen molar-refractivity contribution in [1.82, 2.24) is 5.32 Å². The Balaban J connectivity index is 1.54. The fraction of sp³-hybridized carbons (Fsp3) is 0.275. The standard InChI is InChI=1S/C40H44N4O4/c1-5-12-33(38(41)45)34(23-27(2)3)39(46)42-35-26-43(31-15-7-6-8-16-31)36-17-9-10-18-37(36)44(40(35)47)25-28-13-11-14-30(24-28)29-19-21-32(48-4)22-20-29/h5-11,13-22,24,27,33-35H,1,12,23,25-26H2,2-4H3,(H2,41,45)(H,42,46). The number of benzene rings is 4. The Labute approximate surface area is 283 Å². The lowest BCUT2D eigenvalue weighted by Crippen LogP contribution is -2.54. The van der Waals surface area contributed by atoms with Crippen LogP contribution in [0, 0.1) is 17.8 Å². The van der Waals surface area contributed by atoms with Crippen LogP contribution in [0.1, 0.15) is 32.3 Å². The Hall–Kier alpha value is -5.37. The molecule has 3 unspecified atom stereocenters. The Bertz CT molecular complexity index is 1740. The molecule has 0 spiro atoms. The number of rotatable bonds is 13. The molecule has 1 aliphatic rings. The topological polar surface area (TPSA) is 105 Å². The first kappa shape index (κ1) is 34.0. The zero-order valence-corrected chi connectivity index (χ0v) is 27.8. The summed E-state index contributed by atoms with van der Waals surface area (Å²) in [5.41, 5.74) is 11.2. The molecule has 3 atom stereocenters. The van der Waals surface area contributed by atoms with Crippen LogP contribution in [0.4, 0.5) is 17.1 Å². The summed E-state index contributed by atoms with van der Waals surface area (Å²) in [4.78, 5) is 45.1. The molecule has 0 radical (unpaired) electrons. The number of nitrogens with one attached hydrogen (secondary N) is 1. The molecule has 3 N–H and O–H groups in total. The van der Waals surface area contributed by atoms with E-state index in [1.54, 1.807) is 18.1 Å². The number of hydrogen-bond acceptors (Lipinski definition) is 5. The summed E-state index contributed by atoms with van der Waals surface area (Å²) in [7, 11) is 1.64. The predicted octanol–water partition coefficient (Wildman–Crippen LogP) is 6.87. The fourth-order valence-electron chi connectivity index (χ4n) is 6.42. The van der Waals surface area contributed by atoms with Crippen molar-refractivity contribution >= 4 is 34.8 Å². The van der Waals surface area contributed by atoms with Gasteiger partial charge in [0.1, 0.15) is 11.8 Å². The molecule has 0 bridgehead atoms. The minimum Gasteiger partial charge on any atom is -0.497 e. The van der Waals surface area contributed by atoms with Crippen LogP contribution in [0.2, 0.25) is 0 Å². The van der Waals surface area contributed by atoms with Crippen molar-refractivity contribution in [3.8, 4) is 16.9 Å². The van der Waals surface area contributed by atoms with Crippen LogP contribution in [-0.4, -0.2) is 37.4 Å². The number of nitrogens with zero attached hydrogens (tertiary/aromatic N) is 2. The second-order valence-corrected chi connectivity index (χ2v) is 12.6. The van der Waals surface area contributed by atoms with E-state index in [0.717, 1.165) is 39.5 Å². The van der Waals surface area contributed by atoms with Gasteiger partial charge >= 0.3 is 0 Å². The van der Waals surface area contributed by atoms with Gasteiger partial charge in [0, 0.05) is 5.69 Å². The monoisotopic (exact) mass is 644 g/mol. The van der Waals surface area contributed by atoms with Crippen LogP contribution in [0.3, 0.4) is 0 Å². The van der Waals surface area contributed by atoms with E-state index in [0.29, 0.717) is 6.42 Å². The summed E-state index contributed by atoms with van der Waals surface area (Å²) in [6, 6.07) is 32.7. The summed E-state index contributed by atoms with van der Waals surface area (Å²) in [6.07, 6.45) is 2.33. The molecule has 48 heavy (non-hydrogen) atoms. The van der Waals surface area contributed by atoms with Crippen LogP contribution in [0.15, 0.2) is 116 Å². The molecular weight excluding hydrogens is 600 g/mol. The number of carbonyl (C=O) groups excluding carboxylic acids is 3. The third-order valence-corrected chi connectivity index (χ3v) is 8.80. The molecule has 5 rings (SSSR count). The first-order chi connectivity index (χ1) is 23.2. The lowest BCUT2D eigenvalue weighted by Gasteiger charge is -2.30. The zero-order chi connectivity index (χ0) is 34.2. The predicted molar refractivity (Wildman–Crippen MR) is 192 cm³/mol. The lowest BCUT2D eigenvalue weighted by molar-refractivity contribution is -0.135. The molecule has 8 nitrogen and oxygen atoms in total. The highest BCUT2D eigenvalue weighted by atomic mass is 16.5. The van der Waals surface area contributed by atoms with Gasteiger partial charge in [0.05, 0.1) is 43.4 Å². The molecule has 0 fully saturated rings. The average Bonchev–Trinajstić information content (AvgIpc) is 3.21. The number of allylic oxidation sites excluding steroid dienone is 1. The van der Waals surface area contributed by atoms with Gasteiger partial charge in [0.25, 0.3) is 5.91 Å². The van der Waals surface area contributed by atoms with Gasteiger partial charge in [0.2, 0.25) is 11.8 Å². The number of anilines is 3. The number of ether oxygens (including phenoxy) is 1. The first-order valence-electron chi connectivity index (χ1n) is 16.4. The Kier molecular flexibility index (Phi) is 11.0. The summed E-state index contributed by atoms with van der Waals surface area (Å²) >= 11 is 0. The average molecular weight is 645 g/mol. The number of hydrogen-bond donors (Lipinski definition) is 2. The normalized spacial score (nSPS) is 15.7. The lowest BCUT2D eigenvalue weighted by atomic mass is 9.82. The van der Waals surface area contributed by atoms with Crippen molar-refractivity contribution in [3.63, 3.8) is 0 Å². The van der Waals surface area contributed by atoms with Gasteiger partial charge in [-0.15, -0.1) is 6.58 Å². The smallest absolute Gasteiger partial charge is 0.251 e. The van der Waals surface area contributed by atoms with Crippen molar-refractivity contribution in [2.45, 2.75) is 39.3 Å². The quantitative estimate of drug-likeness (QED) is 0.155. The highest BCUT2D eigenvalue weighted by Crippen LogP contribution is 2.38. The highest BCUT2D eigenvalue weighted by molar-refractivity contribution is 6.04. The number of nitrogens with two attached hydrogens (primary N) is 1. The molecule has 0 aromatic heterocycles. The van der Waals surface area contributed by atoms with Crippen molar-refractivity contribution in [2.24, 2.45) is 23.5 Å². The van der Waals surface area contributed by atoms with Crippen LogP contribution >= 0.6 is 0 Å². The van der Waals surface area contributed by atoms with Crippen molar-refractivity contribution < 1.29 is 19.1 Å². The Morgan fingerprint density at radius 1 is 0.917 bits per heavy atom. The molecule has 0 aliphatic carbocycles. The number of amides is 3. The van der Waals surface area contributed by atoms with Crippen molar-refractivity contribution in [2.75, 3.05) is 23.5 Å². The number of methoxy groups -OCH3 is 1. The van der Waals surface area contributed by atoms with Crippen LogP contribution in [0.5, 0.6) is 5.75 Å². The van der Waals surface area contributed by atoms with Gasteiger partial charge in [-0.25, -0.2) is 0 Å². The molecule has 0 saturated heterocycles. The van der Waals surface area contributed by atoms with Crippen LogP contribution in [0.25, 0.3) is 11.1 Å². The van der Waals surface area contributed by atoms with Gasteiger partial charge in [-0.3, -0.25) is 14.4 Å². The maximum Gasteiger partial charge on any atom is 0.251 e. The number of fused-ring (bicyclic) bond motifs is 1. The molecule has 1 aliphatic heterocycles. The number of primary amides is 1. The second kappa shape index (κ2) is 15.5. The van der Waals surface area contributed by atoms with Crippen molar-refractivity contribution in [3.05, 3.63) is 121 Å². The highest BCUT2D eigenvalue weighted by Gasteiger charge is 2.39. The van der Waals surface area contributed by atoms with E-state index < -0.39 is 23.8 Å². The van der Waals surface area contributed by atoms with E-state index >= 15 is 0 Å². The fourth-order valence-corrected chi connectivity index (χ4v) is 6.42. The van der Waals surface area contributed by atoms with E-state index in [1.165, 1.54) is 0 Å². The van der Waals surface area contributed by atoms with Gasteiger partial charge < -0.3 is 25.6 Å². The van der Waals surface area contributed by atoms with Crippen LogP contribution in [-0.2, 0) is 20.9 Å². The molecular formula is C40H44N4O4. The summed E-state index contributed by atoms with van der Waals surface area (Å²) in [5, 5.41) is 3.08. The third-order valence-electron chi connectivity index (χ3n) is 8.80. The van der Waals surface area contributed by atoms with E-state index in [4.69, 9.17) is 10.5 Å². The maximum atomic E-state index is 14.7. The molecule has 1 heterocycles. The molecule has 4 aromatic rings. The second-order valence-electron chi connectivity index (χ2n) is 12.6. The molecule has 3 amide bonds. The number of para-hydroxylation sites is 3. The first-order valence-corrected chi connectivity index (χ1v) is 16.4. The minimum absolute atomic E-state index is 0.122. The number of carbonyl (C=O) groups is 3. The SMILES string of the molecule is C=CCC(C(N)=O)C(CC(C)C)C(=O)NC1CN(c2ccccc2)c2ccccc2N(Cc2cccc(-c3ccc(OC)cc3)c2)C1=O. The summed E-state index contributed by atoms with van der Waals surface area (Å²) < 4.78 is 5.33. The van der Waals surface area contributed by atoms with E-state index in [2.05, 4.69) is 22.9 Å². The molecule has 0 saturated carbocycles. The Morgan fingerprint density at radius 3 is 2.25 bits per heavy atom. The Morgan fingerprint density at radius 2 is 1.60 bits per heavy atom. The van der Waals surface area contributed by atoms with E-state index in [-0.39, 0.29) is 37.2 Å². The zero-order valence-electron chi connectivity index (χ0n) is 27.8. The van der Waals surface area contributed by atoms with Gasteiger partial charge in [0.15, 0.2) is 0 Å². The van der Waals surface area contributed by atoms with Gasteiger partial charge in [-0.05, 0) is 77.9 Å². The summed E-state index contributed by atoms with van der Waals surface area (Å²) in [5.74, 6) is -1.71. The summed E-state index contributed by atoms with van der Waals surface area (Å²) in [6.45, 7) is 8.26. The largest absolute Gasteiger partial charge is 0.497 e. The minimum atomic E-state index is -0.915. The van der Waals surface area contributed by atoms with E-state index in [9.17, 15) is 14.4 Å². The van der Waals surface area contributed by atoms with E-state index in [1.807, 2.05) is 111 Å². The molecule has 8 heteroatoms. The third kappa shape index (κ3) is 7.77. The van der Waals surface area contributed by atoms with Gasteiger partial charge in [-0.2, -0.15) is 0 Å². The van der Waals surface area contributed by atoms with Gasteiger partial charge in [-0.1, -0.05) is 80.6 Å². The van der Waals surface area contributed by atoms with Crippen molar-refractivity contribution in [1.29, 1.82) is 0 Å². The maximum absolute atomic E-state index is 14.7. The van der Waals surface area contributed by atoms with Crippen LogP contribution < -0.4 is 25.6 Å². The molecule has 248 valence electrons.